The molecule has 1 amide bonds. The summed E-state index contributed by atoms with van der Waals surface area (Å²) in [5, 5.41) is 16.2. The van der Waals surface area contributed by atoms with Gasteiger partial charge in [0.25, 0.3) is 0 Å². The lowest BCUT2D eigenvalue weighted by atomic mass is 9.97. The minimum absolute atomic E-state index is 0.0431. The van der Waals surface area contributed by atoms with Crippen molar-refractivity contribution in [1.82, 2.24) is 19.8 Å². The maximum absolute atomic E-state index is 12.7. The Balaban J connectivity index is 1.47. The topological polar surface area (TPSA) is 75.4 Å². The zero-order valence-electron chi connectivity index (χ0n) is 13.8. The fourth-order valence-electron chi connectivity index (χ4n) is 3.16. The molecule has 1 aliphatic heterocycles. The average Bonchev–Trinajstić information content (AvgIpc) is 3.08. The third-order valence-electron chi connectivity index (χ3n) is 4.39. The predicted molar refractivity (Wildman–Crippen MR) is 101 cm³/mol. The van der Waals surface area contributed by atoms with Crippen molar-refractivity contribution in [2.45, 2.75) is 12.8 Å². The lowest BCUT2D eigenvalue weighted by Crippen LogP contribution is -2.41. The largest absolute Gasteiger partial charge is 0.354 e. The summed E-state index contributed by atoms with van der Waals surface area (Å²) in [6, 6.07) is 8.78. The molecule has 0 saturated carbocycles. The highest BCUT2D eigenvalue weighted by molar-refractivity contribution is 6.35. The monoisotopic (exact) mass is 390 g/mol. The molecule has 2 aromatic heterocycles. The van der Waals surface area contributed by atoms with Crippen molar-refractivity contribution in [2.24, 2.45) is 5.92 Å². The van der Waals surface area contributed by atoms with E-state index in [1.54, 1.807) is 29.0 Å². The van der Waals surface area contributed by atoms with Crippen LogP contribution in [0, 0.1) is 5.92 Å². The molecule has 0 bridgehead atoms. The van der Waals surface area contributed by atoms with Crippen LogP contribution in [0.5, 0.6) is 0 Å². The van der Waals surface area contributed by atoms with Crippen LogP contribution in [0.15, 0.2) is 36.7 Å². The van der Waals surface area contributed by atoms with Crippen LogP contribution in [-0.4, -0.2) is 38.8 Å². The van der Waals surface area contributed by atoms with Crippen LogP contribution in [0.3, 0.4) is 0 Å². The summed E-state index contributed by atoms with van der Waals surface area (Å²) in [5.74, 6) is 0.624. The molecular weight excluding hydrogens is 375 g/mol. The van der Waals surface area contributed by atoms with Gasteiger partial charge in [0, 0.05) is 28.8 Å². The van der Waals surface area contributed by atoms with E-state index in [4.69, 9.17) is 23.2 Å². The van der Waals surface area contributed by atoms with E-state index in [1.807, 2.05) is 12.1 Å². The van der Waals surface area contributed by atoms with Crippen molar-refractivity contribution in [1.29, 1.82) is 0 Å². The number of anilines is 2. The summed E-state index contributed by atoms with van der Waals surface area (Å²) in [6.07, 6.45) is 3.30. The Kier molecular flexibility index (Phi) is 4.65. The van der Waals surface area contributed by atoms with Crippen LogP contribution in [0.1, 0.15) is 12.8 Å². The molecule has 0 radical (unpaired) electrons. The molecule has 3 aromatic rings. The van der Waals surface area contributed by atoms with Gasteiger partial charge in [0.05, 0.1) is 5.92 Å². The Hall–Kier alpha value is -2.38. The molecule has 0 spiro atoms. The van der Waals surface area contributed by atoms with E-state index in [0.717, 1.165) is 25.2 Å². The number of amides is 1. The number of benzene rings is 1. The number of fused-ring (bicyclic) bond motifs is 1. The molecule has 9 heteroatoms. The Morgan fingerprint density at radius 2 is 2.00 bits per heavy atom. The van der Waals surface area contributed by atoms with Gasteiger partial charge in [0.2, 0.25) is 5.91 Å². The molecular formula is C17H16Cl2N6O. The fourth-order valence-corrected chi connectivity index (χ4v) is 3.68. The van der Waals surface area contributed by atoms with Crippen LogP contribution >= 0.6 is 23.2 Å². The molecule has 1 aromatic carbocycles. The number of carbonyl (C=O) groups is 1. The van der Waals surface area contributed by atoms with Crippen LogP contribution in [0.25, 0.3) is 5.65 Å². The Morgan fingerprint density at radius 3 is 2.81 bits per heavy atom. The summed E-state index contributed by atoms with van der Waals surface area (Å²) in [7, 11) is 0. The van der Waals surface area contributed by atoms with Gasteiger partial charge in [0.1, 0.15) is 12.1 Å². The highest BCUT2D eigenvalue weighted by Gasteiger charge is 2.27. The molecule has 1 fully saturated rings. The fraction of sp³-hybridized carbons (Fsp3) is 0.294. The maximum Gasteiger partial charge on any atom is 0.229 e. The van der Waals surface area contributed by atoms with Crippen LogP contribution in [0.4, 0.5) is 11.5 Å². The Bertz CT molecular complexity index is 939. The zero-order chi connectivity index (χ0) is 18.1. The number of aromatic nitrogens is 4. The highest BCUT2D eigenvalue weighted by atomic mass is 35.5. The van der Waals surface area contributed by atoms with E-state index >= 15 is 0 Å². The molecule has 0 aliphatic carbocycles. The number of nitrogens with one attached hydrogen (secondary N) is 1. The van der Waals surface area contributed by atoms with Gasteiger partial charge < -0.3 is 10.2 Å². The van der Waals surface area contributed by atoms with Crippen molar-refractivity contribution in [3.05, 3.63) is 46.7 Å². The summed E-state index contributed by atoms with van der Waals surface area (Å²) in [4.78, 5) is 14.8. The van der Waals surface area contributed by atoms with Crippen molar-refractivity contribution in [3.63, 3.8) is 0 Å². The van der Waals surface area contributed by atoms with Gasteiger partial charge in [-0.1, -0.05) is 23.2 Å². The summed E-state index contributed by atoms with van der Waals surface area (Å²) in [6.45, 7) is 1.45. The first-order valence-electron chi connectivity index (χ1n) is 8.27. The number of hydrogen-bond acceptors (Lipinski definition) is 5. The van der Waals surface area contributed by atoms with Gasteiger partial charge >= 0.3 is 0 Å². The van der Waals surface area contributed by atoms with Crippen LogP contribution in [-0.2, 0) is 4.79 Å². The maximum atomic E-state index is 12.7. The Morgan fingerprint density at radius 1 is 1.19 bits per heavy atom. The number of nitrogens with zero attached hydrogens (tertiary/aromatic N) is 5. The van der Waals surface area contributed by atoms with Gasteiger partial charge in [-0.05, 0) is 43.2 Å². The van der Waals surface area contributed by atoms with Crippen molar-refractivity contribution in [3.8, 4) is 0 Å². The SMILES string of the molecule is O=C(Nc1cc(Cl)cc(Cl)c1)C1CCCN(c2ccc3nncn3n2)C1. The molecule has 1 unspecified atom stereocenters. The minimum atomic E-state index is -0.139. The normalized spacial score (nSPS) is 17.5. The number of hydrogen-bond donors (Lipinski definition) is 1. The standard InChI is InChI=1S/C17H16Cl2N6O/c18-12-6-13(19)8-14(7-12)21-17(26)11-2-1-5-24(9-11)16-4-3-15-22-20-10-25(15)23-16/h3-4,6-8,10-11H,1-2,5,9H2,(H,21,26). The molecule has 134 valence electrons. The molecule has 1 saturated heterocycles. The highest BCUT2D eigenvalue weighted by Crippen LogP contribution is 2.25. The quantitative estimate of drug-likeness (QED) is 0.742. The zero-order valence-corrected chi connectivity index (χ0v) is 15.3. The molecule has 1 N–H and O–H groups in total. The van der Waals surface area contributed by atoms with E-state index in [1.165, 1.54) is 0 Å². The van der Waals surface area contributed by atoms with Gasteiger partial charge in [0.15, 0.2) is 5.65 Å². The van der Waals surface area contributed by atoms with Gasteiger partial charge in [-0.2, -0.15) is 4.52 Å². The van der Waals surface area contributed by atoms with Gasteiger partial charge in [-0.3, -0.25) is 4.79 Å². The number of rotatable bonds is 3. The molecule has 4 rings (SSSR count). The van der Waals surface area contributed by atoms with Crippen LogP contribution < -0.4 is 10.2 Å². The molecule has 7 nitrogen and oxygen atoms in total. The van der Waals surface area contributed by atoms with E-state index in [2.05, 4.69) is 25.5 Å². The Labute approximate surface area is 159 Å². The van der Waals surface area contributed by atoms with Gasteiger partial charge in [-0.25, -0.2) is 0 Å². The lowest BCUT2D eigenvalue weighted by molar-refractivity contribution is -0.120. The molecule has 26 heavy (non-hydrogen) atoms. The van der Waals surface area contributed by atoms with Crippen molar-refractivity contribution >= 4 is 46.3 Å². The summed E-state index contributed by atoms with van der Waals surface area (Å²) < 4.78 is 1.63. The second-order valence-corrected chi connectivity index (χ2v) is 7.13. The lowest BCUT2D eigenvalue weighted by Gasteiger charge is -2.32. The third-order valence-corrected chi connectivity index (χ3v) is 4.83. The van der Waals surface area contributed by atoms with Gasteiger partial charge in [-0.15, -0.1) is 15.3 Å². The predicted octanol–water partition coefficient (Wildman–Crippen LogP) is 3.29. The van der Waals surface area contributed by atoms with E-state index in [9.17, 15) is 4.79 Å². The second kappa shape index (κ2) is 7.09. The minimum Gasteiger partial charge on any atom is -0.354 e. The van der Waals surface area contributed by atoms with Crippen molar-refractivity contribution < 1.29 is 4.79 Å². The smallest absolute Gasteiger partial charge is 0.229 e. The summed E-state index contributed by atoms with van der Waals surface area (Å²) in [5.41, 5.74) is 1.30. The molecule has 3 heterocycles. The van der Waals surface area contributed by atoms with E-state index < -0.39 is 0 Å². The first-order chi connectivity index (χ1) is 12.6. The van der Waals surface area contributed by atoms with Crippen molar-refractivity contribution in [2.75, 3.05) is 23.3 Å². The summed E-state index contributed by atoms with van der Waals surface area (Å²) >= 11 is 12.0. The third kappa shape index (κ3) is 3.59. The second-order valence-electron chi connectivity index (χ2n) is 6.26. The number of piperidine rings is 1. The number of carbonyl (C=O) groups excluding carboxylic acids is 1. The first kappa shape index (κ1) is 17.1. The van der Waals surface area contributed by atoms with Crippen LogP contribution in [0.2, 0.25) is 10.0 Å². The van der Waals surface area contributed by atoms with E-state index in [0.29, 0.717) is 27.9 Å². The molecule has 1 atom stereocenters. The first-order valence-corrected chi connectivity index (χ1v) is 9.03. The molecule has 1 aliphatic rings. The number of halogens is 2. The average molecular weight is 391 g/mol. The van der Waals surface area contributed by atoms with E-state index in [-0.39, 0.29) is 11.8 Å².